The predicted octanol–water partition coefficient (Wildman–Crippen LogP) is 0.739. The molecule has 1 aromatic heterocycles. The number of aromatic nitrogens is 1. The van der Waals surface area contributed by atoms with E-state index in [1.54, 1.807) is 12.5 Å². The Hall–Kier alpha value is -2.03. The number of nitrogens with one attached hydrogen (secondary N) is 3. The molecule has 0 saturated carbocycles. The van der Waals surface area contributed by atoms with Gasteiger partial charge in [-0.2, -0.15) is 0 Å². The zero-order valence-electron chi connectivity index (χ0n) is 14.3. The van der Waals surface area contributed by atoms with E-state index in [1.807, 2.05) is 24.3 Å². The number of aliphatic hydroxyl groups is 1. The highest BCUT2D eigenvalue weighted by atomic mass is 32.2. The Bertz CT molecular complexity index is 821. The fourth-order valence-corrected chi connectivity index (χ4v) is 3.93. The maximum absolute atomic E-state index is 12.8. The first-order valence-corrected chi connectivity index (χ1v) is 9.09. The molecule has 1 aliphatic rings. The van der Waals surface area contributed by atoms with Crippen LogP contribution in [0.25, 0.3) is 10.9 Å². The monoisotopic (exact) mass is 363 g/mol. The summed E-state index contributed by atoms with van der Waals surface area (Å²) in [4.78, 5) is 27.3. The molecule has 7 nitrogen and oxygen atoms in total. The summed E-state index contributed by atoms with van der Waals surface area (Å²) in [5.41, 5.74) is 0.256. The summed E-state index contributed by atoms with van der Waals surface area (Å²) >= 11 is 1.08. The molecule has 134 valence electrons. The van der Waals surface area contributed by atoms with Gasteiger partial charge < -0.3 is 25.5 Å². The molecular formula is C17H21N3O4S. The Balaban J connectivity index is 1.96. The van der Waals surface area contributed by atoms with Gasteiger partial charge >= 0.3 is 0 Å². The molecule has 0 bridgehead atoms. The van der Waals surface area contributed by atoms with Crippen LogP contribution in [-0.2, 0) is 20.7 Å². The summed E-state index contributed by atoms with van der Waals surface area (Å²) in [6.07, 6.45) is 2.56. The van der Waals surface area contributed by atoms with Crippen molar-refractivity contribution >= 4 is 34.5 Å². The maximum Gasteiger partial charge on any atom is 0.275 e. The van der Waals surface area contributed by atoms with E-state index < -0.39 is 28.5 Å². The Morgan fingerprint density at radius 2 is 1.96 bits per heavy atom. The number of ether oxygens (including phenoxy) is 1. The number of hydrogen-bond acceptors (Lipinski definition) is 5. The Labute approximate surface area is 149 Å². The molecule has 25 heavy (non-hydrogen) atoms. The summed E-state index contributed by atoms with van der Waals surface area (Å²) in [6, 6.07) is 7.70. The maximum atomic E-state index is 12.8. The van der Waals surface area contributed by atoms with Crippen molar-refractivity contribution < 1.29 is 19.4 Å². The topological polar surface area (TPSA) is 103 Å². The number of benzene rings is 1. The number of thioether (sulfide) groups is 1. The minimum Gasteiger partial charge on any atom is -0.389 e. The van der Waals surface area contributed by atoms with Gasteiger partial charge in [0, 0.05) is 30.6 Å². The third kappa shape index (κ3) is 2.70. The molecular weight excluding hydrogens is 342 g/mol. The van der Waals surface area contributed by atoms with Gasteiger partial charge in [-0.05, 0) is 24.8 Å². The fourth-order valence-electron chi connectivity index (χ4n) is 3.15. The Kier molecular flexibility index (Phi) is 4.52. The quantitative estimate of drug-likeness (QED) is 0.627. The van der Waals surface area contributed by atoms with Crippen LogP contribution in [-0.4, -0.2) is 52.0 Å². The highest BCUT2D eigenvalue weighted by Gasteiger charge is 2.56. The lowest BCUT2D eigenvalue weighted by atomic mass is 9.96. The van der Waals surface area contributed by atoms with E-state index in [0.29, 0.717) is 0 Å². The fraction of sp³-hybridized carbons (Fsp3) is 0.412. The number of amides is 2. The van der Waals surface area contributed by atoms with E-state index in [-0.39, 0.29) is 6.42 Å². The highest BCUT2D eigenvalue weighted by molar-refractivity contribution is 8.00. The number of aromatic amines is 1. The van der Waals surface area contributed by atoms with Crippen molar-refractivity contribution in [3.63, 3.8) is 0 Å². The van der Waals surface area contributed by atoms with Crippen LogP contribution in [0.15, 0.2) is 30.5 Å². The Morgan fingerprint density at radius 1 is 1.24 bits per heavy atom. The highest BCUT2D eigenvalue weighted by Crippen LogP contribution is 2.32. The van der Waals surface area contributed by atoms with E-state index >= 15 is 0 Å². The Morgan fingerprint density at radius 3 is 2.60 bits per heavy atom. The van der Waals surface area contributed by atoms with Crippen molar-refractivity contribution in [2.24, 2.45) is 0 Å². The lowest BCUT2D eigenvalue weighted by molar-refractivity contribution is -0.165. The van der Waals surface area contributed by atoms with E-state index in [1.165, 1.54) is 14.0 Å². The molecule has 0 aliphatic carbocycles. The lowest BCUT2D eigenvalue weighted by Gasteiger charge is -2.45. The second-order valence-electron chi connectivity index (χ2n) is 6.09. The first-order chi connectivity index (χ1) is 11.9. The number of fused-ring (bicyclic) bond motifs is 1. The third-order valence-corrected chi connectivity index (χ3v) is 5.96. The average Bonchev–Trinajstić information content (AvgIpc) is 3.00. The molecule has 4 N–H and O–H groups in total. The van der Waals surface area contributed by atoms with E-state index in [2.05, 4.69) is 15.6 Å². The van der Waals surface area contributed by atoms with Gasteiger partial charge in [0.1, 0.15) is 0 Å². The van der Waals surface area contributed by atoms with Gasteiger partial charge in [0.25, 0.3) is 11.8 Å². The zero-order valence-corrected chi connectivity index (χ0v) is 15.1. The normalized spacial score (nSPS) is 27.8. The van der Waals surface area contributed by atoms with Crippen LogP contribution in [0.3, 0.4) is 0 Å². The van der Waals surface area contributed by atoms with Crippen LogP contribution in [0.5, 0.6) is 0 Å². The summed E-state index contributed by atoms with van der Waals surface area (Å²) in [6.45, 7) is 1.47. The first kappa shape index (κ1) is 17.8. The van der Waals surface area contributed by atoms with Gasteiger partial charge in [-0.15, -0.1) is 11.8 Å². The molecule has 3 unspecified atom stereocenters. The van der Waals surface area contributed by atoms with Crippen LogP contribution in [0, 0.1) is 0 Å². The first-order valence-electron chi connectivity index (χ1n) is 7.87. The average molecular weight is 363 g/mol. The summed E-state index contributed by atoms with van der Waals surface area (Å²) < 4.78 is 5.45. The minimum absolute atomic E-state index is 0.162. The van der Waals surface area contributed by atoms with Gasteiger partial charge in [0.15, 0.2) is 4.87 Å². The SMILES string of the molecule is COC1(Cc2c[nH]c3ccccc23)NC(=O)C(SC)(C(C)O)NC1=O. The number of hydrogen-bond donors (Lipinski definition) is 4. The van der Waals surface area contributed by atoms with Crippen molar-refractivity contribution in [2.75, 3.05) is 13.4 Å². The van der Waals surface area contributed by atoms with Crippen molar-refractivity contribution in [3.05, 3.63) is 36.0 Å². The number of para-hydroxylation sites is 1. The molecule has 2 heterocycles. The molecule has 0 radical (unpaired) electrons. The molecule has 1 fully saturated rings. The predicted molar refractivity (Wildman–Crippen MR) is 96.0 cm³/mol. The van der Waals surface area contributed by atoms with Crippen LogP contribution in [0.1, 0.15) is 12.5 Å². The van der Waals surface area contributed by atoms with Gasteiger partial charge in [0.05, 0.1) is 6.10 Å². The summed E-state index contributed by atoms with van der Waals surface area (Å²) in [5, 5.41) is 16.3. The van der Waals surface area contributed by atoms with E-state index in [0.717, 1.165) is 28.2 Å². The number of piperazine rings is 1. The van der Waals surface area contributed by atoms with Crippen molar-refractivity contribution in [3.8, 4) is 0 Å². The van der Waals surface area contributed by atoms with Crippen LogP contribution < -0.4 is 10.6 Å². The molecule has 2 amide bonds. The van der Waals surface area contributed by atoms with Crippen molar-refractivity contribution in [1.29, 1.82) is 0 Å². The number of carbonyl (C=O) groups excluding carboxylic acids is 2. The summed E-state index contributed by atoms with van der Waals surface area (Å²) in [7, 11) is 1.38. The molecule has 1 aliphatic heterocycles. The van der Waals surface area contributed by atoms with Gasteiger partial charge in [-0.1, -0.05) is 18.2 Å². The van der Waals surface area contributed by atoms with Crippen molar-refractivity contribution in [1.82, 2.24) is 15.6 Å². The standard InChI is InChI=1S/C17H21N3O4S/c1-10(21)17(25-3)15(23)19-16(24-2,14(22)20-17)8-11-9-18-13-7-5-4-6-12(11)13/h4-7,9-10,18,21H,8H2,1-3H3,(H,19,23)(H,20,22). The number of rotatable bonds is 5. The lowest BCUT2D eigenvalue weighted by Crippen LogP contribution is -2.77. The number of carbonyl (C=O) groups is 2. The van der Waals surface area contributed by atoms with Crippen LogP contribution >= 0.6 is 11.8 Å². The van der Waals surface area contributed by atoms with Crippen molar-refractivity contribution in [2.45, 2.75) is 30.0 Å². The zero-order chi connectivity index (χ0) is 18.2. The van der Waals surface area contributed by atoms with Gasteiger partial charge in [0.2, 0.25) is 5.72 Å². The second kappa shape index (κ2) is 6.36. The number of H-pyrrole nitrogens is 1. The molecule has 2 aromatic rings. The molecule has 8 heteroatoms. The summed E-state index contributed by atoms with van der Waals surface area (Å²) in [5.74, 6) is -0.980. The van der Waals surface area contributed by atoms with E-state index in [4.69, 9.17) is 4.74 Å². The van der Waals surface area contributed by atoms with Gasteiger partial charge in [-0.25, -0.2) is 0 Å². The van der Waals surface area contributed by atoms with Gasteiger partial charge in [-0.3, -0.25) is 9.59 Å². The molecule has 3 rings (SSSR count). The number of methoxy groups -OCH3 is 1. The molecule has 0 spiro atoms. The third-order valence-electron chi connectivity index (χ3n) is 4.69. The van der Waals surface area contributed by atoms with Crippen LogP contribution in [0.4, 0.5) is 0 Å². The molecule has 3 atom stereocenters. The second-order valence-corrected chi connectivity index (χ2v) is 7.14. The molecule has 1 saturated heterocycles. The van der Waals surface area contributed by atoms with E-state index in [9.17, 15) is 14.7 Å². The largest absolute Gasteiger partial charge is 0.389 e. The molecule has 1 aromatic carbocycles. The smallest absolute Gasteiger partial charge is 0.275 e. The minimum atomic E-state index is -1.53. The number of aliphatic hydroxyl groups excluding tert-OH is 1. The van der Waals surface area contributed by atoms with Crippen LogP contribution in [0.2, 0.25) is 0 Å².